The van der Waals surface area contributed by atoms with Gasteiger partial charge in [-0.05, 0) is 49.9 Å². The Morgan fingerprint density at radius 2 is 1.27 bits per heavy atom. The Morgan fingerprint density at radius 3 is 1.69 bits per heavy atom. The highest BCUT2D eigenvalue weighted by Gasteiger charge is 2.49. The second-order valence-corrected chi connectivity index (χ2v) is 14.6. The first-order valence-electron chi connectivity index (χ1n) is 16.7. The van der Waals surface area contributed by atoms with Crippen molar-refractivity contribution in [2.24, 2.45) is 5.11 Å². The van der Waals surface area contributed by atoms with Gasteiger partial charge < -0.3 is 49.5 Å². The Kier molecular flexibility index (Phi) is 16.3. The maximum atomic E-state index is 13.2. The summed E-state index contributed by atoms with van der Waals surface area (Å²) in [5.74, 6) is -0.530. The minimum absolute atomic E-state index is 0.294. The van der Waals surface area contributed by atoms with Crippen LogP contribution in [0.3, 0.4) is 0 Å². The van der Waals surface area contributed by atoms with E-state index in [9.17, 15) is 44.1 Å². The van der Waals surface area contributed by atoms with Crippen LogP contribution in [0.1, 0.15) is 54.0 Å². The van der Waals surface area contributed by atoms with Gasteiger partial charge in [0.15, 0.2) is 23.6 Å². The average Bonchev–Trinajstić information content (AvgIpc) is 3.71. The lowest BCUT2D eigenvalue weighted by atomic mass is 10.1. The van der Waals surface area contributed by atoms with Crippen molar-refractivity contribution in [3.63, 3.8) is 0 Å². The number of rotatable bonds is 7. The first kappa shape index (κ1) is 44.0. The molecule has 0 spiro atoms. The van der Waals surface area contributed by atoms with E-state index in [0.29, 0.717) is 0 Å². The van der Waals surface area contributed by atoms with Gasteiger partial charge in [-0.25, -0.2) is 19.1 Å². The number of phosphoric ester groups is 2. The molecule has 0 aromatic carbocycles. The average molecular weight is 786 g/mol. The van der Waals surface area contributed by atoms with Crippen molar-refractivity contribution in [1.29, 1.82) is 0 Å². The van der Waals surface area contributed by atoms with Crippen molar-refractivity contribution >= 4 is 32.8 Å². The van der Waals surface area contributed by atoms with E-state index in [1.54, 1.807) is 0 Å². The van der Waals surface area contributed by atoms with Gasteiger partial charge in [-0.15, -0.1) is 0 Å². The van der Waals surface area contributed by atoms with Gasteiger partial charge in [-0.2, -0.15) is 4.31 Å². The van der Waals surface area contributed by atoms with Crippen molar-refractivity contribution in [2.75, 3.05) is 52.5 Å². The van der Waals surface area contributed by atoms with Gasteiger partial charge in [0.2, 0.25) is 5.95 Å². The number of aliphatic hydroxyl groups is 4. The second kappa shape index (κ2) is 19.3. The van der Waals surface area contributed by atoms with Gasteiger partial charge >= 0.3 is 15.6 Å². The molecule has 0 radical (unpaired) electrons. The van der Waals surface area contributed by atoms with Gasteiger partial charge in [0.05, 0.1) is 13.2 Å². The van der Waals surface area contributed by atoms with E-state index in [1.165, 1.54) is 39.3 Å². The number of aromatic nitrogens is 4. The summed E-state index contributed by atoms with van der Waals surface area (Å²) in [5.41, 5.74) is 7.25. The number of imidazole rings is 1. The van der Waals surface area contributed by atoms with Gasteiger partial charge in [-0.1, -0.05) is 41.5 Å². The van der Waals surface area contributed by atoms with Crippen LogP contribution in [-0.4, -0.2) is 148 Å². The fraction of sp³-hybridized carbons (Fsp3) is 0.815. The Labute approximate surface area is 299 Å². The molecular weight excluding hydrogens is 736 g/mol. The van der Waals surface area contributed by atoms with Crippen LogP contribution in [0.25, 0.3) is 21.6 Å². The molecule has 6 heterocycles. The number of hydrogen-bond acceptors (Lipinski definition) is 17. The number of nitrogens with zero attached hydrogens (tertiary/aromatic N) is 9. The molecular formula is C27H49N9O14P2. The maximum absolute atomic E-state index is 13.2. The Hall–Kier alpha value is -2.40. The number of ether oxygens (including phenoxy) is 2. The lowest BCUT2D eigenvalue weighted by Gasteiger charge is -2.21. The van der Waals surface area contributed by atoms with Crippen LogP contribution in [0.4, 0.5) is 5.95 Å². The van der Waals surface area contributed by atoms with E-state index in [4.69, 9.17) is 15.0 Å². The molecule has 2 fully saturated rings. The van der Waals surface area contributed by atoms with E-state index < -0.39 is 95.0 Å². The zero-order valence-corrected chi connectivity index (χ0v) is 31.5. The summed E-state index contributed by atoms with van der Waals surface area (Å²) in [6.45, 7) is 18.3. The minimum Gasteiger partial charge on any atom is -0.387 e. The van der Waals surface area contributed by atoms with Crippen molar-refractivity contribution in [3.8, 4) is 0 Å². The molecule has 2 unspecified atom stereocenters. The van der Waals surface area contributed by atoms with E-state index >= 15 is 0 Å². The standard InChI is InChI=1S/C15H19N7O14P2.2C6H15N/c16-20-19-15-18-6-11-17-3-21(12(6)27)13-9(25)7(23)4(34-13)1-32-37(28,29)36-38(30,31)33-2-5-8(24)10(26)14(35-5)22(11)15;2*1-4-7(5-2)6-3/h3-5,7-10,13-14,23-26H,1-2H2,(H,28,29)(H,30,31);2*4-6H2,1-3H3/t4-,5-,7-,8-,9-,10-,13-,14-;;/m1../s1. The maximum Gasteiger partial charge on any atom is 0.481 e. The highest BCUT2D eigenvalue weighted by molar-refractivity contribution is 7.61. The molecule has 10 atom stereocenters. The van der Waals surface area contributed by atoms with E-state index in [2.05, 4.69) is 84.7 Å². The van der Waals surface area contributed by atoms with Gasteiger partial charge in [0.1, 0.15) is 43.0 Å². The predicted octanol–water partition coefficient (Wildman–Crippen LogP) is 0.734. The first-order chi connectivity index (χ1) is 24.5. The molecule has 2 saturated heterocycles. The molecule has 2 aromatic rings. The first-order valence-corrected chi connectivity index (χ1v) is 19.7. The van der Waals surface area contributed by atoms with Crippen molar-refractivity contribution in [1.82, 2.24) is 28.9 Å². The van der Waals surface area contributed by atoms with Crippen LogP contribution in [0.15, 0.2) is 16.2 Å². The lowest BCUT2D eigenvalue weighted by Crippen LogP contribution is -2.36. The number of hydrogen-bond donors (Lipinski definition) is 6. The van der Waals surface area contributed by atoms with Crippen molar-refractivity contribution in [2.45, 2.75) is 90.6 Å². The van der Waals surface area contributed by atoms with Crippen molar-refractivity contribution in [3.05, 3.63) is 27.1 Å². The van der Waals surface area contributed by atoms with Crippen LogP contribution < -0.4 is 5.56 Å². The highest BCUT2D eigenvalue weighted by atomic mass is 31.3. The monoisotopic (exact) mass is 785 g/mol. The topological polar surface area (TPSA) is 310 Å². The summed E-state index contributed by atoms with van der Waals surface area (Å²) in [4.78, 5) is 48.3. The fourth-order valence-corrected chi connectivity index (χ4v) is 7.62. The van der Waals surface area contributed by atoms with Crippen molar-refractivity contribution < 1.29 is 62.2 Å². The molecule has 6 rings (SSSR count). The van der Waals surface area contributed by atoms with E-state index in [-0.39, 0.29) is 5.65 Å². The highest BCUT2D eigenvalue weighted by Crippen LogP contribution is 2.60. The summed E-state index contributed by atoms with van der Waals surface area (Å²) in [6, 6.07) is 0. The summed E-state index contributed by atoms with van der Waals surface area (Å²) < 4.78 is 50.3. The molecule has 0 saturated carbocycles. The lowest BCUT2D eigenvalue weighted by molar-refractivity contribution is -0.0559. The molecule has 25 heteroatoms. The molecule has 2 aromatic heterocycles. The number of fused-ring (bicyclic) bond motifs is 7. The van der Waals surface area contributed by atoms with E-state index in [1.807, 2.05) is 0 Å². The van der Waals surface area contributed by atoms with E-state index in [0.717, 1.165) is 15.5 Å². The second-order valence-electron chi connectivity index (χ2n) is 11.5. The Bertz CT molecular complexity index is 1650. The van der Waals surface area contributed by atoms with Crippen LogP contribution in [0.5, 0.6) is 0 Å². The Balaban J connectivity index is 0.000000441. The van der Waals surface area contributed by atoms with Crippen LogP contribution in [-0.2, 0) is 32.0 Å². The quantitative estimate of drug-likeness (QED) is 0.0975. The summed E-state index contributed by atoms with van der Waals surface area (Å²) in [6.07, 6.45) is -12.6. The summed E-state index contributed by atoms with van der Waals surface area (Å²) >= 11 is 0. The van der Waals surface area contributed by atoms with Gasteiger partial charge in [-0.3, -0.25) is 23.0 Å². The predicted molar refractivity (Wildman–Crippen MR) is 182 cm³/mol. The summed E-state index contributed by atoms with van der Waals surface area (Å²) in [7, 11) is -10.7. The third-order valence-corrected chi connectivity index (χ3v) is 11.2. The Morgan fingerprint density at radius 1 is 0.827 bits per heavy atom. The largest absolute Gasteiger partial charge is 0.481 e. The molecule has 4 aliphatic heterocycles. The fourth-order valence-electron chi connectivity index (χ4n) is 5.53. The molecule has 8 bridgehead atoms. The number of azide groups is 1. The number of aliphatic hydroxyl groups excluding tert-OH is 4. The molecule has 4 aliphatic rings. The zero-order chi connectivity index (χ0) is 39.0. The molecule has 52 heavy (non-hydrogen) atoms. The third kappa shape index (κ3) is 10.4. The molecule has 23 nitrogen and oxygen atoms in total. The summed E-state index contributed by atoms with van der Waals surface area (Å²) in [5, 5.41) is 45.2. The van der Waals surface area contributed by atoms with Crippen LogP contribution >= 0.6 is 15.6 Å². The smallest absolute Gasteiger partial charge is 0.387 e. The number of phosphoric acid groups is 2. The molecule has 6 N–H and O–H groups in total. The molecule has 0 aliphatic carbocycles. The van der Waals surface area contributed by atoms with Crippen LogP contribution in [0.2, 0.25) is 0 Å². The SMILES string of the molecule is CCN(CC)CC.CCN(CC)CC.[N-]=[N+]=Nc1nc2c(=O)n3cnc2n1[C@@H]1O[C@H](COP(=O)(O)OP(=O)(O)OC[C@H]2O[C@@H]3[C@H](O)[C@@H]2O)[C@@H](O)[C@H]1O. The normalized spacial score (nSPS) is 33.3. The molecule has 296 valence electrons. The van der Waals surface area contributed by atoms with Crippen LogP contribution in [0, 0.1) is 0 Å². The van der Waals surface area contributed by atoms with Gasteiger partial charge in [0.25, 0.3) is 5.56 Å². The zero-order valence-electron chi connectivity index (χ0n) is 29.7. The minimum atomic E-state index is -5.35. The van der Waals surface area contributed by atoms with Gasteiger partial charge in [0, 0.05) is 4.91 Å². The third-order valence-electron chi connectivity index (χ3n) is 8.64. The molecule has 0 amide bonds.